The Hall–Kier alpha value is -1.99. The van der Waals surface area contributed by atoms with Crippen LogP contribution in [0.5, 0.6) is 0 Å². The van der Waals surface area contributed by atoms with Gasteiger partial charge in [-0.15, -0.1) is 0 Å². The van der Waals surface area contributed by atoms with Crippen molar-refractivity contribution in [2.45, 2.75) is 18.9 Å². The Morgan fingerprint density at radius 1 is 1.23 bits per heavy atom. The first-order valence-electron chi connectivity index (χ1n) is 9.02. The molecule has 0 saturated carbocycles. The lowest BCUT2D eigenvalue weighted by Gasteiger charge is -2.39. The van der Waals surface area contributed by atoms with Crippen LogP contribution in [-0.4, -0.2) is 73.3 Å². The largest absolute Gasteiger partial charge is 0.423 e. The molecule has 7 nitrogen and oxygen atoms in total. The smallest absolute Gasteiger partial charge is 0.320 e. The minimum Gasteiger partial charge on any atom is -0.423 e. The van der Waals surface area contributed by atoms with Gasteiger partial charge >= 0.3 is 6.03 Å². The van der Waals surface area contributed by atoms with Gasteiger partial charge in [-0.3, -0.25) is 0 Å². The predicted molar refractivity (Wildman–Crippen MR) is 99.8 cm³/mol. The predicted octanol–water partition coefficient (Wildman–Crippen LogP) is 2.83. The number of carbonyl (C=O) groups is 1. The van der Waals surface area contributed by atoms with E-state index >= 15 is 0 Å². The molecule has 2 amide bonds. The highest BCUT2D eigenvalue weighted by Crippen LogP contribution is 2.27. The molecular formula is C18H23ClN4O3. The zero-order chi connectivity index (χ0) is 18.1. The zero-order valence-corrected chi connectivity index (χ0v) is 15.6. The topological polar surface area (TPSA) is 62.1 Å². The number of urea groups is 1. The number of benzene rings is 1. The van der Waals surface area contributed by atoms with E-state index in [0.29, 0.717) is 37.3 Å². The van der Waals surface area contributed by atoms with Crippen molar-refractivity contribution in [1.82, 2.24) is 14.8 Å². The molecule has 8 heteroatoms. The molecule has 0 spiro atoms. The molecule has 1 aromatic carbocycles. The van der Waals surface area contributed by atoms with Crippen molar-refractivity contribution in [3.8, 4) is 0 Å². The summed E-state index contributed by atoms with van der Waals surface area (Å²) in [6.07, 6.45) is 1.79. The average molecular weight is 379 g/mol. The standard InChI is InChI=1S/C18H23ClN4O3/c1-21(18(24)23-8-10-25-11-9-23)14-4-6-22(7-5-14)17-20-15-12-13(19)2-3-16(15)26-17/h2-3,12,14H,4-11H2,1H3. The maximum atomic E-state index is 12.6. The van der Waals surface area contributed by atoms with Crippen molar-refractivity contribution in [2.75, 3.05) is 51.3 Å². The van der Waals surface area contributed by atoms with Gasteiger partial charge in [0.25, 0.3) is 6.01 Å². The number of hydrogen-bond donors (Lipinski definition) is 0. The van der Waals surface area contributed by atoms with E-state index in [-0.39, 0.29) is 12.1 Å². The fourth-order valence-electron chi connectivity index (χ4n) is 3.60. The summed E-state index contributed by atoms with van der Waals surface area (Å²) in [7, 11) is 1.90. The summed E-state index contributed by atoms with van der Waals surface area (Å²) in [5, 5.41) is 0.652. The van der Waals surface area contributed by atoms with Gasteiger partial charge in [-0.2, -0.15) is 4.98 Å². The summed E-state index contributed by atoms with van der Waals surface area (Å²) in [4.78, 5) is 23.1. The minimum atomic E-state index is 0.100. The molecule has 2 saturated heterocycles. The maximum absolute atomic E-state index is 12.6. The van der Waals surface area contributed by atoms with E-state index in [0.717, 1.165) is 37.0 Å². The van der Waals surface area contributed by atoms with Crippen LogP contribution in [0.3, 0.4) is 0 Å². The maximum Gasteiger partial charge on any atom is 0.320 e. The van der Waals surface area contributed by atoms with Crippen LogP contribution in [0, 0.1) is 0 Å². The first-order valence-corrected chi connectivity index (χ1v) is 9.40. The number of morpholine rings is 1. The third kappa shape index (κ3) is 3.46. The molecule has 26 heavy (non-hydrogen) atoms. The van der Waals surface area contributed by atoms with Crippen LogP contribution < -0.4 is 4.90 Å². The van der Waals surface area contributed by atoms with Crippen LogP contribution in [0.25, 0.3) is 11.1 Å². The Bertz CT molecular complexity index is 782. The van der Waals surface area contributed by atoms with Gasteiger partial charge in [0.15, 0.2) is 5.58 Å². The van der Waals surface area contributed by atoms with Gasteiger partial charge in [-0.25, -0.2) is 4.79 Å². The second-order valence-corrected chi connectivity index (χ2v) is 7.26. The molecule has 140 valence electrons. The van der Waals surface area contributed by atoms with E-state index in [1.165, 1.54) is 0 Å². The SMILES string of the molecule is CN(C(=O)N1CCOCC1)C1CCN(c2nc3cc(Cl)ccc3o2)CC1. The van der Waals surface area contributed by atoms with Crippen LogP contribution in [0.15, 0.2) is 22.6 Å². The number of aromatic nitrogens is 1. The molecule has 0 unspecified atom stereocenters. The molecule has 3 heterocycles. The lowest BCUT2D eigenvalue weighted by molar-refractivity contribution is 0.0409. The molecule has 0 N–H and O–H groups in total. The summed E-state index contributed by atoms with van der Waals surface area (Å²) in [5.41, 5.74) is 1.51. The Kier molecular flexibility index (Phi) is 4.91. The summed E-state index contributed by atoms with van der Waals surface area (Å²) in [6, 6.07) is 6.42. The van der Waals surface area contributed by atoms with Gasteiger partial charge in [-0.1, -0.05) is 11.6 Å². The van der Waals surface area contributed by atoms with Crippen molar-refractivity contribution in [2.24, 2.45) is 0 Å². The van der Waals surface area contributed by atoms with E-state index < -0.39 is 0 Å². The number of fused-ring (bicyclic) bond motifs is 1. The minimum absolute atomic E-state index is 0.100. The van der Waals surface area contributed by atoms with Crippen molar-refractivity contribution < 1.29 is 13.9 Å². The van der Waals surface area contributed by atoms with Crippen LogP contribution in [0.1, 0.15) is 12.8 Å². The van der Waals surface area contributed by atoms with Crippen LogP contribution >= 0.6 is 11.6 Å². The molecule has 2 fully saturated rings. The fourth-order valence-corrected chi connectivity index (χ4v) is 3.77. The fraction of sp³-hybridized carbons (Fsp3) is 0.556. The first-order chi connectivity index (χ1) is 12.6. The average Bonchev–Trinajstić information content (AvgIpc) is 3.11. The van der Waals surface area contributed by atoms with Gasteiger partial charge < -0.3 is 23.9 Å². The third-order valence-electron chi connectivity index (χ3n) is 5.20. The Morgan fingerprint density at radius 2 is 1.96 bits per heavy atom. The Balaban J connectivity index is 1.37. The van der Waals surface area contributed by atoms with Gasteiger partial charge in [0.05, 0.1) is 13.2 Å². The summed E-state index contributed by atoms with van der Waals surface area (Å²) in [6.45, 7) is 4.22. The number of nitrogens with zero attached hydrogens (tertiary/aromatic N) is 4. The third-order valence-corrected chi connectivity index (χ3v) is 5.44. The molecule has 0 aliphatic carbocycles. The highest BCUT2D eigenvalue weighted by atomic mass is 35.5. The lowest BCUT2D eigenvalue weighted by Crippen LogP contribution is -2.52. The molecule has 2 aliphatic rings. The van der Waals surface area contributed by atoms with Gasteiger partial charge in [0.1, 0.15) is 5.52 Å². The number of piperidine rings is 1. The van der Waals surface area contributed by atoms with Crippen molar-refractivity contribution >= 4 is 34.7 Å². The number of halogens is 1. The molecule has 2 aromatic rings. The highest BCUT2D eigenvalue weighted by molar-refractivity contribution is 6.31. The van der Waals surface area contributed by atoms with E-state index in [1.807, 2.05) is 29.0 Å². The number of rotatable bonds is 2. The first kappa shape index (κ1) is 17.4. The number of ether oxygens (including phenoxy) is 1. The number of carbonyl (C=O) groups excluding carboxylic acids is 1. The van der Waals surface area contributed by atoms with E-state index in [2.05, 4.69) is 9.88 Å². The van der Waals surface area contributed by atoms with Crippen molar-refractivity contribution in [1.29, 1.82) is 0 Å². The van der Waals surface area contributed by atoms with Gasteiger partial charge in [0, 0.05) is 44.3 Å². The Labute approximate surface area is 157 Å². The molecule has 4 rings (SSSR count). The van der Waals surface area contributed by atoms with E-state index in [4.69, 9.17) is 20.8 Å². The van der Waals surface area contributed by atoms with E-state index in [1.54, 1.807) is 6.07 Å². The van der Waals surface area contributed by atoms with Crippen LogP contribution in [0.4, 0.5) is 10.8 Å². The van der Waals surface area contributed by atoms with Gasteiger partial charge in [-0.05, 0) is 31.0 Å². The van der Waals surface area contributed by atoms with Gasteiger partial charge in [0.2, 0.25) is 0 Å². The monoisotopic (exact) mass is 378 g/mol. The normalized spacial score (nSPS) is 19.2. The molecule has 0 atom stereocenters. The zero-order valence-electron chi connectivity index (χ0n) is 14.9. The Morgan fingerprint density at radius 3 is 2.69 bits per heavy atom. The molecule has 0 bridgehead atoms. The summed E-state index contributed by atoms with van der Waals surface area (Å²) >= 11 is 6.02. The molecule has 2 aliphatic heterocycles. The number of amides is 2. The van der Waals surface area contributed by atoms with Crippen molar-refractivity contribution in [3.63, 3.8) is 0 Å². The molecular weight excluding hydrogens is 356 g/mol. The molecule has 0 radical (unpaired) electrons. The summed E-state index contributed by atoms with van der Waals surface area (Å²) in [5.74, 6) is 0. The quantitative estimate of drug-likeness (QED) is 0.804. The summed E-state index contributed by atoms with van der Waals surface area (Å²) < 4.78 is 11.2. The molecule has 1 aromatic heterocycles. The number of oxazole rings is 1. The second-order valence-electron chi connectivity index (χ2n) is 6.82. The van der Waals surface area contributed by atoms with Crippen molar-refractivity contribution in [3.05, 3.63) is 23.2 Å². The highest BCUT2D eigenvalue weighted by Gasteiger charge is 2.30. The number of anilines is 1. The van der Waals surface area contributed by atoms with Crippen LogP contribution in [0.2, 0.25) is 5.02 Å². The van der Waals surface area contributed by atoms with E-state index in [9.17, 15) is 4.79 Å². The second kappa shape index (κ2) is 7.32. The van der Waals surface area contributed by atoms with Crippen LogP contribution in [-0.2, 0) is 4.74 Å². The number of hydrogen-bond acceptors (Lipinski definition) is 5. The lowest BCUT2D eigenvalue weighted by atomic mass is 10.0.